The van der Waals surface area contributed by atoms with E-state index in [9.17, 15) is 8.78 Å². The summed E-state index contributed by atoms with van der Waals surface area (Å²) < 4.78 is 31.3. The van der Waals surface area contributed by atoms with Crippen LogP contribution in [0.15, 0.2) is 36.5 Å². The summed E-state index contributed by atoms with van der Waals surface area (Å²) in [4.78, 5) is 4.09. The summed E-state index contributed by atoms with van der Waals surface area (Å²) in [5.74, 6) is -0.589. The van der Waals surface area contributed by atoms with Crippen molar-refractivity contribution < 1.29 is 13.5 Å². The summed E-state index contributed by atoms with van der Waals surface area (Å²) in [5, 5.41) is 3.19. The molecule has 2 rings (SSSR count). The van der Waals surface area contributed by atoms with Crippen LogP contribution in [0.3, 0.4) is 0 Å². The Balaban J connectivity index is 1.98. The lowest BCUT2D eigenvalue weighted by molar-refractivity contribution is 0.397. The summed E-state index contributed by atoms with van der Waals surface area (Å²) in [6.45, 7) is 2.40. The molecule has 0 aliphatic carbocycles. The Morgan fingerprint density at radius 3 is 2.45 bits per heavy atom. The Morgan fingerprint density at radius 1 is 1.20 bits per heavy atom. The van der Waals surface area contributed by atoms with Crippen LogP contribution in [0.4, 0.5) is 8.78 Å². The van der Waals surface area contributed by atoms with E-state index in [0.717, 1.165) is 11.6 Å². The van der Waals surface area contributed by atoms with Gasteiger partial charge in [-0.15, -0.1) is 0 Å². The molecule has 20 heavy (non-hydrogen) atoms. The zero-order valence-corrected chi connectivity index (χ0v) is 11.4. The van der Waals surface area contributed by atoms with Crippen molar-refractivity contribution in [1.82, 2.24) is 10.3 Å². The van der Waals surface area contributed by atoms with Crippen molar-refractivity contribution in [3.05, 3.63) is 59.3 Å². The van der Waals surface area contributed by atoms with E-state index < -0.39 is 11.6 Å². The monoisotopic (exact) mass is 278 g/mol. The van der Waals surface area contributed by atoms with Crippen molar-refractivity contribution in [2.24, 2.45) is 0 Å². The molecule has 1 heterocycles. The second-order valence-electron chi connectivity index (χ2n) is 4.51. The first-order valence-electron chi connectivity index (χ1n) is 6.27. The van der Waals surface area contributed by atoms with E-state index in [1.807, 2.05) is 13.0 Å². The third-order valence-electron chi connectivity index (χ3n) is 3.00. The number of aromatic nitrogens is 1. The van der Waals surface area contributed by atoms with Crippen molar-refractivity contribution >= 4 is 0 Å². The first-order chi connectivity index (χ1) is 9.58. The summed E-state index contributed by atoms with van der Waals surface area (Å²) in [7, 11) is 1.56. The van der Waals surface area contributed by atoms with Gasteiger partial charge in [-0.1, -0.05) is 6.07 Å². The summed E-state index contributed by atoms with van der Waals surface area (Å²) in [6.07, 6.45) is 1.70. The molecule has 2 aromatic rings. The number of ether oxygens (including phenoxy) is 1. The fraction of sp³-hybridized carbons (Fsp3) is 0.267. The molecule has 1 N–H and O–H groups in total. The van der Waals surface area contributed by atoms with E-state index in [4.69, 9.17) is 4.74 Å². The van der Waals surface area contributed by atoms with Gasteiger partial charge in [-0.05, 0) is 30.2 Å². The number of nitrogens with one attached hydrogen (secondary N) is 1. The number of rotatable bonds is 5. The van der Waals surface area contributed by atoms with E-state index in [1.165, 1.54) is 12.1 Å². The lowest BCUT2D eigenvalue weighted by atomic mass is 10.1. The topological polar surface area (TPSA) is 34.1 Å². The van der Waals surface area contributed by atoms with Gasteiger partial charge in [0.25, 0.3) is 0 Å². The van der Waals surface area contributed by atoms with Crippen LogP contribution in [0.25, 0.3) is 0 Å². The minimum absolute atomic E-state index is 0.165. The highest BCUT2D eigenvalue weighted by Crippen LogP contribution is 2.16. The van der Waals surface area contributed by atoms with Gasteiger partial charge in [-0.2, -0.15) is 0 Å². The smallest absolute Gasteiger partial charge is 0.212 e. The highest BCUT2D eigenvalue weighted by Gasteiger charge is 2.08. The minimum atomic E-state index is -0.570. The van der Waals surface area contributed by atoms with E-state index in [2.05, 4.69) is 10.3 Å². The largest absolute Gasteiger partial charge is 0.481 e. The molecule has 3 nitrogen and oxygen atoms in total. The third kappa shape index (κ3) is 3.74. The molecule has 0 saturated heterocycles. The minimum Gasteiger partial charge on any atom is -0.481 e. The van der Waals surface area contributed by atoms with Crippen LogP contribution in [0.2, 0.25) is 0 Å². The van der Waals surface area contributed by atoms with Gasteiger partial charge in [0, 0.05) is 30.9 Å². The molecular weight excluding hydrogens is 262 g/mol. The standard InChI is InChI=1S/C15H16F2N2O/c1-10(12-5-13(16)7-14(17)6-12)18-8-11-3-4-15(20-2)19-9-11/h3-7,9-10,18H,8H2,1-2H3. The van der Waals surface area contributed by atoms with Gasteiger partial charge in [-0.3, -0.25) is 0 Å². The van der Waals surface area contributed by atoms with Gasteiger partial charge in [0.15, 0.2) is 0 Å². The maximum Gasteiger partial charge on any atom is 0.212 e. The molecule has 1 atom stereocenters. The summed E-state index contributed by atoms with van der Waals surface area (Å²) >= 11 is 0. The highest BCUT2D eigenvalue weighted by atomic mass is 19.1. The fourth-order valence-corrected chi connectivity index (χ4v) is 1.85. The SMILES string of the molecule is COc1ccc(CNC(C)c2cc(F)cc(F)c2)cn1. The van der Waals surface area contributed by atoms with E-state index in [0.29, 0.717) is 18.0 Å². The van der Waals surface area contributed by atoms with Crippen LogP contribution >= 0.6 is 0 Å². The van der Waals surface area contributed by atoms with Crippen LogP contribution in [0.1, 0.15) is 24.1 Å². The van der Waals surface area contributed by atoms with E-state index >= 15 is 0 Å². The second kappa shape index (κ2) is 6.43. The zero-order valence-electron chi connectivity index (χ0n) is 11.4. The van der Waals surface area contributed by atoms with Gasteiger partial charge >= 0.3 is 0 Å². The number of nitrogens with zero attached hydrogens (tertiary/aromatic N) is 1. The van der Waals surface area contributed by atoms with Gasteiger partial charge < -0.3 is 10.1 Å². The Kier molecular flexibility index (Phi) is 4.63. The van der Waals surface area contributed by atoms with Crippen molar-refractivity contribution in [1.29, 1.82) is 0 Å². The number of halogens is 2. The molecule has 1 aromatic carbocycles. The molecule has 0 fully saturated rings. The number of hydrogen-bond donors (Lipinski definition) is 1. The average molecular weight is 278 g/mol. The number of benzene rings is 1. The molecule has 106 valence electrons. The van der Waals surface area contributed by atoms with Crippen LogP contribution in [-0.4, -0.2) is 12.1 Å². The van der Waals surface area contributed by atoms with Crippen LogP contribution in [0.5, 0.6) is 5.88 Å². The predicted octanol–water partition coefficient (Wildman–Crippen LogP) is 3.22. The summed E-state index contributed by atoms with van der Waals surface area (Å²) in [5.41, 5.74) is 1.54. The second-order valence-corrected chi connectivity index (χ2v) is 4.51. The van der Waals surface area contributed by atoms with Gasteiger partial charge in [0.2, 0.25) is 5.88 Å². The molecule has 0 amide bonds. The molecular formula is C15H16F2N2O. The van der Waals surface area contributed by atoms with Crippen LogP contribution < -0.4 is 10.1 Å². The molecule has 0 radical (unpaired) electrons. The maximum absolute atomic E-state index is 13.1. The molecule has 0 bridgehead atoms. The number of hydrogen-bond acceptors (Lipinski definition) is 3. The molecule has 0 aliphatic heterocycles. The highest BCUT2D eigenvalue weighted by molar-refractivity contribution is 5.22. The quantitative estimate of drug-likeness (QED) is 0.912. The Hall–Kier alpha value is -2.01. The van der Waals surface area contributed by atoms with Gasteiger partial charge in [0.05, 0.1) is 7.11 Å². The van der Waals surface area contributed by atoms with Crippen molar-refractivity contribution in [2.45, 2.75) is 19.5 Å². The lowest BCUT2D eigenvalue weighted by Gasteiger charge is -2.14. The zero-order chi connectivity index (χ0) is 14.5. The third-order valence-corrected chi connectivity index (χ3v) is 3.00. The summed E-state index contributed by atoms with van der Waals surface area (Å²) in [6, 6.07) is 7.01. The number of pyridine rings is 1. The maximum atomic E-state index is 13.1. The Bertz CT molecular complexity index is 552. The van der Waals surface area contributed by atoms with Crippen molar-refractivity contribution in [3.63, 3.8) is 0 Å². The average Bonchev–Trinajstić information content (AvgIpc) is 2.44. The van der Waals surface area contributed by atoms with Crippen molar-refractivity contribution in [3.8, 4) is 5.88 Å². The lowest BCUT2D eigenvalue weighted by Crippen LogP contribution is -2.18. The van der Waals surface area contributed by atoms with Gasteiger partial charge in [0.1, 0.15) is 11.6 Å². The van der Waals surface area contributed by atoms with E-state index in [-0.39, 0.29) is 6.04 Å². The molecule has 1 aromatic heterocycles. The molecule has 0 spiro atoms. The number of methoxy groups -OCH3 is 1. The van der Waals surface area contributed by atoms with Gasteiger partial charge in [-0.25, -0.2) is 13.8 Å². The van der Waals surface area contributed by atoms with E-state index in [1.54, 1.807) is 19.4 Å². The molecule has 1 unspecified atom stereocenters. The molecule has 5 heteroatoms. The normalized spacial score (nSPS) is 12.2. The Morgan fingerprint density at radius 2 is 1.90 bits per heavy atom. The molecule has 0 aliphatic rings. The first-order valence-corrected chi connectivity index (χ1v) is 6.27. The molecule has 0 saturated carbocycles. The fourth-order valence-electron chi connectivity index (χ4n) is 1.85. The first kappa shape index (κ1) is 14.4. The predicted molar refractivity (Wildman–Crippen MR) is 72.4 cm³/mol. The van der Waals surface area contributed by atoms with Crippen LogP contribution in [0, 0.1) is 11.6 Å². The Labute approximate surface area is 116 Å². The van der Waals surface area contributed by atoms with Crippen LogP contribution in [-0.2, 0) is 6.54 Å². The van der Waals surface area contributed by atoms with Crippen molar-refractivity contribution in [2.75, 3.05) is 7.11 Å².